The van der Waals surface area contributed by atoms with E-state index < -0.39 is 0 Å². The van der Waals surface area contributed by atoms with E-state index in [1.165, 1.54) is 12.8 Å². The van der Waals surface area contributed by atoms with E-state index in [-0.39, 0.29) is 0 Å². The number of rotatable bonds is 3. The SMILES string of the molecule is c1nc(CC2CCCNC2)cc(-c2ncc[nH]2)n1. The number of H-pyrrole nitrogens is 1. The van der Waals surface area contributed by atoms with Crippen LogP contribution in [-0.4, -0.2) is 33.0 Å². The summed E-state index contributed by atoms with van der Waals surface area (Å²) in [7, 11) is 0. The van der Waals surface area contributed by atoms with Gasteiger partial charge in [0.25, 0.3) is 0 Å². The van der Waals surface area contributed by atoms with Gasteiger partial charge in [-0.3, -0.25) is 0 Å². The van der Waals surface area contributed by atoms with Crippen LogP contribution in [0.3, 0.4) is 0 Å². The van der Waals surface area contributed by atoms with Gasteiger partial charge in [-0.2, -0.15) is 0 Å². The number of aromatic amines is 1. The van der Waals surface area contributed by atoms with Crippen LogP contribution in [0.15, 0.2) is 24.8 Å². The monoisotopic (exact) mass is 243 g/mol. The molecule has 5 nitrogen and oxygen atoms in total. The molecule has 0 saturated carbocycles. The molecule has 1 atom stereocenters. The van der Waals surface area contributed by atoms with Crippen LogP contribution < -0.4 is 5.32 Å². The van der Waals surface area contributed by atoms with Gasteiger partial charge in [0, 0.05) is 18.1 Å². The van der Waals surface area contributed by atoms with Gasteiger partial charge in [-0.1, -0.05) is 0 Å². The van der Waals surface area contributed by atoms with Gasteiger partial charge in [-0.25, -0.2) is 15.0 Å². The highest BCUT2D eigenvalue weighted by Crippen LogP contribution is 2.17. The Balaban J connectivity index is 1.74. The molecular formula is C13H17N5. The van der Waals surface area contributed by atoms with E-state index in [0.29, 0.717) is 5.92 Å². The average molecular weight is 243 g/mol. The van der Waals surface area contributed by atoms with E-state index in [1.54, 1.807) is 12.5 Å². The number of hydrogen-bond acceptors (Lipinski definition) is 4. The summed E-state index contributed by atoms with van der Waals surface area (Å²) in [5, 5.41) is 3.44. The molecule has 2 aromatic rings. The molecule has 0 aromatic carbocycles. The largest absolute Gasteiger partial charge is 0.343 e. The van der Waals surface area contributed by atoms with E-state index in [9.17, 15) is 0 Å². The molecule has 3 heterocycles. The van der Waals surface area contributed by atoms with Crippen LogP contribution in [0.5, 0.6) is 0 Å². The first-order valence-electron chi connectivity index (χ1n) is 6.43. The molecule has 2 aromatic heterocycles. The van der Waals surface area contributed by atoms with E-state index >= 15 is 0 Å². The van der Waals surface area contributed by atoms with Gasteiger partial charge >= 0.3 is 0 Å². The fourth-order valence-corrected chi connectivity index (χ4v) is 2.44. The third-order valence-electron chi connectivity index (χ3n) is 3.36. The van der Waals surface area contributed by atoms with Crippen LogP contribution in [0.2, 0.25) is 0 Å². The molecule has 1 aliphatic heterocycles. The third-order valence-corrected chi connectivity index (χ3v) is 3.36. The summed E-state index contributed by atoms with van der Waals surface area (Å²) in [4.78, 5) is 15.9. The molecule has 0 aliphatic carbocycles. The molecule has 5 heteroatoms. The molecule has 1 fully saturated rings. The van der Waals surface area contributed by atoms with E-state index in [2.05, 4.69) is 25.3 Å². The zero-order valence-corrected chi connectivity index (χ0v) is 10.3. The zero-order valence-electron chi connectivity index (χ0n) is 10.3. The minimum absolute atomic E-state index is 0.693. The van der Waals surface area contributed by atoms with Gasteiger partial charge in [0.15, 0.2) is 5.82 Å². The number of hydrogen-bond donors (Lipinski definition) is 2. The standard InChI is InChI=1S/C13H17N5/c1-2-10(8-14-3-1)6-11-7-12(18-9-17-11)13-15-4-5-16-13/h4-5,7,9-10,14H,1-3,6,8H2,(H,15,16). The molecule has 1 aliphatic rings. The Hall–Kier alpha value is -1.75. The molecule has 94 valence electrons. The van der Waals surface area contributed by atoms with Crippen LogP contribution in [0.4, 0.5) is 0 Å². The Bertz CT molecular complexity index is 488. The maximum absolute atomic E-state index is 4.36. The van der Waals surface area contributed by atoms with E-state index in [0.717, 1.165) is 36.7 Å². The summed E-state index contributed by atoms with van der Waals surface area (Å²) in [5.41, 5.74) is 1.97. The van der Waals surface area contributed by atoms with Gasteiger partial charge in [-0.05, 0) is 44.3 Å². The second-order valence-corrected chi connectivity index (χ2v) is 4.75. The highest BCUT2D eigenvalue weighted by atomic mass is 14.9. The van der Waals surface area contributed by atoms with Crippen molar-refractivity contribution < 1.29 is 0 Å². The van der Waals surface area contributed by atoms with Crippen LogP contribution in [0.25, 0.3) is 11.5 Å². The number of nitrogens with zero attached hydrogens (tertiary/aromatic N) is 3. The Morgan fingerprint density at radius 2 is 2.28 bits per heavy atom. The van der Waals surface area contributed by atoms with Gasteiger partial charge in [0.1, 0.15) is 12.0 Å². The number of piperidine rings is 1. The Labute approximate surface area is 106 Å². The summed E-state index contributed by atoms with van der Waals surface area (Å²) >= 11 is 0. The summed E-state index contributed by atoms with van der Waals surface area (Å²) in [5.74, 6) is 1.50. The zero-order chi connectivity index (χ0) is 12.2. The molecule has 1 unspecified atom stereocenters. The van der Waals surface area contributed by atoms with Crippen molar-refractivity contribution in [2.24, 2.45) is 5.92 Å². The van der Waals surface area contributed by atoms with E-state index in [4.69, 9.17) is 0 Å². The summed E-state index contributed by atoms with van der Waals surface area (Å²) in [6.45, 7) is 2.25. The highest BCUT2D eigenvalue weighted by molar-refractivity contribution is 5.48. The minimum Gasteiger partial charge on any atom is -0.343 e. The molecule has 1 saturated heterocycles. The quantitative estimate of drug-likeness (QED) is 0.855. The molecular weight excluding hydrogens is 226 g/mol. The lowest BCUT2D eigenvalue weighted by atomic mass is 9.94. The second kappa shape index (κ2) is 5.27. The van der Waals surface area contributed by atoms with Crippen molar-refractivity contribution in [3.05, 3.63) is 30.5 Å². The van der Waals surface area contributed by atoms with Crippen LogP contribution in [-0.2, 0) is 6.42 Å². The van der Waals surface area contributed by atoms with Crippen molar-refractivity contribution in [2.75, 3.05) is 13.1 Å². The number of nitrogens with one attached hydrogen (secondary N) is 2. The first-order valence-corrected chi connectivity index (χ1v) is 6.43. The second-order valence-electron chi connectivity index (χ2n) is 4.75. The first-order chi connectivity index (χ1) is 8.92. The summed E-state index contributed by atoms with van der Waals surface area (Å²) in [6.07, 6.45) is 8.74. The smallest absolute Gasteiger partial charge is 0.156 e. The molecule has 18 heavy (non-hydrogen) atoms. The number of aromatic nitrogens is 4. The lowest BCUT2D eigenvalue weighted by Gasteiger charge is -2.22. The minimum atomic E-state index is 0.693. The summed E-state index contributed by atoms with van der Waals surface area (Å²) < 4.78 is 0. The van der Waals surface area contributed by atoms with Crippen LogP contribution in [0.1, 0.15) is 18.5 Å². The molecule has 0 spiro atoms. The highest BCUT2D eigenvalue weighted by Gasteiger charge is 2.14. The molecule has 0 bridgehead atoms. The maximum Gasteiger partial charge on any atom is 0.156 e. The van der Waals surface area contributed by atoms with Crippen LogP contribution in [0, 0.1) is 5.92 Å². The topological polar surface area (TPSA) is 66.5 Å². The first kappa shape index (κ1) is 11.3. The lowest BCUT2D eigenvalue weighted by molar-refractivity contribution is 0.373. The Morgan fingerprint density at radius 3 is 3.06 bits per heavy atom. The lowest BCUT2D eigenvalue weighted by Crippen LogP contribution is -2.31. The van der Waals surface area contributed by atoms with Gasteiger partial charge in [-0.15, -0.1) is 0 Å². The van der Waals surface area contributed by atoms with Crippen molar-refractivity contribution in [1.82, 2.24) is 25.3 Å². The van der Waals surface area contributed by atoms with Gasteiger partial charge < -0.3 is 10.3 Å². The molecule has 0 amide bonds. The molecule has 2 N–H and O–H groups in total. The molecule has 3 rings (SSSR count). The van der Waals surface area contributed by atoms with Crippen molar-refractivity contribution in [3.8, 4) is 11.5 Å². The van der Waals surface area contributed by atoms with Crippen LogP contribution >= 0.6 is 0 Å². The Morgan fingerprint density at radius 1 is 1.28 bits per heavy atom. The Kier molecular flexibility index (Phi) is 3.32. The third kappa shape index (κ3) is 2.56. The van der Waals surface area contributed by atoms with Crippen molar-refractivity contribution in [2.45, 2.75) is 19.3 Å². The van der Waals surface area contributed by atoms with Gasteiger partial charge in [0.05, 0.1) is 0 Å². The van der Waals surface area contributed by atoms with Crippen molar-refractivity contribution in [1.29, 1.82) is 0 Å². The summed E-state index contributed by atoms with van der Waals surface area (Å²) in [6, 6.07) is 2.04. The predicted octanol–water partition coefficient (Wildman–Crippen LogP) is 1.41. The maximum atomic E-state index is 4.36. The average Bonchev–Trinajstić information content (AvgIpc) is 2.94. The number of imidazole rings is 1. The predicted molar refractivity (Wildman–Crippen MR) is 68.9 cm³/mol. The molecule has 0 radical (unpaired) electrons. The van der Waals surface area contributed by atoms with E-state index in [1.807, 2.05) is 12.3 Å². The van der Waals surface area contributed by atoms with Crippen molar-refractivity contribution >= 4 is 0 Å². The fraction of sp³-hybridized carbons (Fsp3) is 0.462. The fourth-order valence-electron chi connectivity index (χ4n) is 2.44. The normalized spacial score (nSPS) is 19.9. The van der Waals surface area contributed by atoms with Gasteiger partial charge in [0.2, 0.25) is 0 Å². The van der Waals surface area contributed by atoms with Crippen molar-refractivity contribution in [3.63, 3.8) is 0 Å².